The third-order valence-electron chi connectivity index (χ3n) is 5.31. The molecule has 6 heteroatoms. The summed E-state index contributed by atoms with van der Waals surface area (Å²) >= 11 is 0. The van der Waals surface area contributed by atoms with Crippen molar-refractivity contribution in [3.05, 3.63) is 29.7 Å². The van der Waals surface area contributed by atoms with Crippen molar-refractivity contribution >= 4 is 11.8 Å². The second-order valence-electron chi connectivity index (χ2n) is 6.90. The highest BCUT2D eigenvalue weighted by Gasteiger charge is 2.45. The molecule has 0 aromatic carbocycles. The van der Waals surface area contributed by atoms with E-state index in [1.807, 2.05) is 9.80 Å². The van der Waals surface area contributed by atoms with Gasteiger partial charge in [-0.25, -0.2) is 0 Å². The Labute approximate surface area is 142 Å². The second-order valence-corrected chi connectivity index (χ2v) is 6.90. The van der Waals surface area contributed by atoms with Crippen molar-refractivity contribution in [2.24, 2.45) is 0 Å². The fourth-order valence-electron chi connectivity index (χ4n) is 4.18. The Morgan fingerprint density at radius 3 is 2.79 bits per heavy atom. The van der Waals surface area contributed by atoms with Crippen LogP contribution in [0.2, 0.25) is 0 Å². The van der Waals surface area contributed by atoms with E-state index in [0.717, 1.165) is 25.7 Å². The molecule has 1 aromatic heterocycles. The number of nitrogens with zero attached hydrogens (tertiary/aromatic N) is 3. The van der Waals surface area contributed by atoms with Gasteiger partial charge in [0.2, 0.25) is 5.91 Å². The molecule has 24 heavy (non-hydrogen) atoms. The molecule has 1 spiro atoms. The minimum Gasteiger partial charge on any atom is -0.361 e. The topological polar surface area (TPSA) is 66.7 Å². The first-order valence-electron chi connectivity index (χ1n) is 8.62. The van der Waals surface area contributed by atoms with Gasteiger partial charge in [0.1, 0.15) is 11.3 Å². The number of rotatable bonds is 3. The molecule has 2 aliphatic rings. The molecule has 1 atom stereocenters. The summed E-state index contributed by atoms with van der Waals surface area (Å²) in [7, 11) is 0. The van der Waals surface area contributed by atoms with E-state index in [1.54, 1.807) is 19.9 Å². The molecule has 1 aromatic rings. The molecule has 0 unspecified atom stereocenters. The third kappa shape index (κ3) is 2.74. The van der Waals surface area contributed by atoms with Gasteiger partial charge >= 0.3 is 0 Å². The first-order chi connectivity index (χ1) is 11.5. The van der Waals surface area contributed by atoms with Crippen LogP contribution in [-0.4, -0.2) is 51.9 Å². The van der Waals surface area contributed by atoms with Gasteiger partial charge in [-0.3, -0.25) is 9.59 Å². The number of aromatic nitrogens is 1. The van der Waals surface area contributed by atoms with Crippen molar-refractivity contribution in [2.45, 2.75) is 51.5 Å². The van der Waals surface area contributed by atoms with Crippen molar-refractivity contribution in [2.75, 3.05) is 19.6 Å². The SMILES string of the molecule is C=CCN1C(=O)CCC[C@@]12CCCN(C(=O)c1c(C)noc1C)C2. The molecule has 3 heterocycles. The molecule has 3 rings (SSSR count). The lowest BCUT2D eigenvalue weighted by atomic mass is 9.79. The molecular formula is C18H25N3O3. The maximum absolute atomic E-state index is 13.0. The van der Waals surface area contributed by atoms with Crippen molar-refractivity contribution in [3.63, 3.8) is 0 Å². The number of likely N-dealkylation sites (tertiary alicyclic amines) is 2. The predicted octanol–water partition coefficient (Wildman–Crippen LogP) is 2.46. The van der Waals surface area contributed by atoms with Gasteiger partial charge in [-0.05, 0) is 39.5 Å². The number of carbonyl (C=O) groups excluding carboxylic acids is 2. The average Bonchev–Trinajstić information content (AvgIpc) is 2.90. The van der Waals surface area contributed by atoms with Crippen LogP contribution >= 0.6 is 0 Å². The van der Waals surface area contributed by atoms with Gasteiger partial charge < -0.3 is 14.3 Å². The van der Waals surface area contributed by atoms with E-state index in [-0.39, 0.29) is 17.4 Å². The van der Waals surface area contributed by atoms with Gasteiger partial charge in [0.25, 0.3) is 5.91 Å². The molecule has 0 radical (unpaired) electrons. The molecule has 2 amide bonds. The average molecular weight is 331 g/mol. The van der Waals surface area contributed by atoms with Crippen LogP contribution in [0.4, 0.5) is 0 Å². The van der Waals surface area contributed by atoms with Gasteiger partial charge in [-0.2, -0.15) is 0 Å². The van der Waals surface area contributed by atoms with Gasteiger partial charge in [0.05, 0.1) is 11.2 Å². The minimum atomic E-state index is -0.254. The van der Waals surface area contributed by atoms with Crippen LogP contribution in [0.3, 0.4) is 0 Å². The van der Waals surface area contributed by atoms with Gasteiger partial charge in [-0.15, -0.1) is 6.58 Å². The molecule has 6 nitrogen and oxygen atoms in total. The quantitative estimate of drug-likeness (QED) is 0.798. The van der Waals surface area contributed by atoms with E-state index in [1.165, 1.54) is 0 Å². The maximum atomic E-state index is 13.0. The Balaban J connectivity index is 1.86. The summed E-state index contributed by atoms with van der Waals surface area (Å²) in [5.41, 5.74) is 0.931. The molecule has 0 N–H and O–H groups in total. The fourth-order valence-corrected chi connectivity index (χ4v) is 4.18. The van der Waals surface area contributed by atoms with Crippen LogP contribution in [0, 0.1) is 13.8 Å². The zero-order chi connectivity index (χ0) is 17.3. The molecule has 0 bridgehead atoms. The lowest BCUT2D eigenvalue weighted by Crippen LogP contribution is -2.63. The monoisotopic (exact) mass is 331 g/mol. The van der Waals surface area contributed by atoms with E-state index in [9.17, 15) is 9.59 Å². The number of hydrogen-bond acceptors (Lipinski definition) is 4. The lowest BCUT2D eigenvalue weighted by molar-refractivity contribution is -0.143. The van der Waals surface area contributed by atoms with Crippen molar-refractivity contribution < 1.29 is 14.1 Å². The molecule has 0 saturated carbocycles. The number of hydrogen-bond donors (Lipinski definition) is 0. The number of piperidine rings is 2. The van der Waals surface area contributed by atoms with Crippen LogP contribution in [0.1, 0.15) is 53.9 Å². The third-order valence-corrected chi connectivity index (χ3v) is 5.31. The van der Waals surface area contributed by atoms with Crippen LogP contribution in [0.25, 0.3) is 0 Å². The summed E-state index contributed by atoms with van der Waals surface area (Å²) < 4.78 is 5.15. The van der Waals surface area contributed by atoms with Crippen LogP contribution < -0.4 is 0 Å². The zero-order valence-corrected chi connectivity index (χ0v) is 14.5. The Morgan fingerprint density at radius 1 is 1.38 bits per heavy atom. The van der Waals surface area contributed by atoms with Crippen LogP contribution in [0.15, 0.2) is 17.2 Å². The summed E-state index contributed by atoms with van der Waals surface area (Å²) in [6.45, 7) is 9.18. The summed E-state index contributed by atoms with van der Waals surface area (Å²) in [5, 5.41) is 3.89. The molecule has 2 saturated heterocycles. The van der Waals surface area contributed by atoms with E-state index in [4.69, 9.17) is 4.52 Å². The van der Waals surface area contributed by atoms with E-state index < -0.39 is 0 Å². The number of amides is 2. The molecule has 130 valence electrons. The highest BCUT2D eigenvalue weighted by molar-refractivity contribution is 5.96. The maximum Gasteiger partial charge on any atom is 0.259 e. The molecule has 2 aliphatic heterocycles. The van der Waals surface area contributed by atoms with Crippen molar-refractivity contribution in [1.29, 1.82) is 0 Å². The van der Waals surface area contributed by atoms with Crippen molar-refractivity contribution in [3.8, 4) is 0 Å². The predicted molar refractivity (Wildman–Crippen MR) is 89.6 cm³/mol. The normalized spacial score (nSPS) is 24.5. The zero-order valence-electron chi connectivity index (χ0n) is 14.5. The Bertz CT molecular complexity index is 643. The van der Waals surface area contributed by atoms with Gasteiger partial charge in [-0.1, -0.05) is 11.2 Å². The summed E-state index contributed by atoms with van der Waals surface area (Å²) in [6.07, 6.45) is 6.04. The standard InChI is InChI=1S/C18H25N3O3/c1-4-10-21-15(22)7-5-8-18(21)9-6-11-20(12-18)17(23)16-13(2)19-24-14(16)3/h4H,1,5-12H2,2-3H3/t18-/m0/s1. The van der Waals surface area contributed by atoms with E-state index in [0.29, 0.717) is 43.1 Å². The Kier molecular flexibility index (Phi) is 4.47. The van der Waals surface area contributed by atoms with E-state index >= 15 is 0 Å². The largest absolute Gasteiger partial charge is 0.361 e. The molecular weight excluding hydrogens is 306 g/mol. The van der Waals surface area contributed by atoms with E-state index in [2.05, 4.69) is 11.7 Å². The minimum absolute atomic E-state index is 0.0399. The van der Waals surface area contributed by atoms with Gasteiger partial charge in [0.15, 0.2) is 0 Å². The number of aryl methyl sites for hydroxylation is 2. The summed E-state index contributed by atoms with van der Waals surface area (Å²) in [5.74, 6) is 0.689. The van der Waals surface area contributed by atoms with Crippen molar-refractivity contribution in [1.82, 2.24) is 15.0 Å². The summed E-state index contributed by atoms with van der Waals surface area (Å²) in [6, 6.07) is 0. The smallest absolute Gasteiger partial charge is 0.259 e. The molecule has 0 aliphatic carbocycles. The van der Waals surface area contributed by atoms with Crippen LogP contribution in [0.5, 0.6) is 0 Å². The fraction of sp³-hybridized carbons (Fsp3) is 0.611. The Hall–Kier alpha value is -2.11. The summed E-state index contributed by atoms with van der Waals surface area (Å²) in [4.78, 5) is 29.2. The first-order valence-corrected chi connectivity index (χ1v) is 8.62. The lowest BCUT2D eigenvalue weighted by Gasteiger charge is -2.51. The van der Waals surface area contributed by atoms with Crippen LogP contribution in [-0.2, 0) is 4.79 Å². The highest BCUT2D eigenvalue weighted by atomic mass is 16.5. The Morgan fingerprint density at radius 2 is 2.12 bits per heavy atom. The molecule has 2 fully saturated rings. The van der Waals surface area contributed by atoms with Gasteiger partial charge in [0, 0.05) is 26.1 Å². The first kappa shape index (κ1) is 16.7. The highest BCUT2D eigenvalue weighted by Crippen LogP contribution is 2.37. The second kappa shape index (κ2) is 6.42. The number of carbonyl (C=O) groups is 2.